The molecule has 1 aromatic carbocycles. The van der Waals surface area contributed by atoms with Crippen LogP contribution >= 0.6 is 15.9 Å². The Hall–Kier alpha value is -1.36. The monoisotopic (exact) mass is 351 g/mol. The number of halogens is 2. The summed E-state index contributed by atoms with van der Waals surface area (Å²) in [5, 5.41) is 0. The zero-order valence-electron chi connectivity index (χ0n) is 12.1. The second kappa shape index (κ2) is 5.79. The van der Waals surface area contributed by atoms with E-state index in [1.165, 1.54) is 44.2 Å². The van der Waals surface area contributed by atoms with E-state index in [1.54, 1.807) is 6.07 Å². The lowest BCUT2D eigenvalue weighted by atomic mass is 9.89. The molecular formula is C16H19BrFN3. The van der Waals surface area contributed by atoms with Crippen molar-refractivity contribution in [3.8, 4) is 11.3 Å². The molecule has 0 spiro atoms. The number of nitrogens with zero attached hydrogens (tertiary/aromatic N) is 2. The van der Waals surface area contributed by atoms with Gasteiger partial charge in [0.2, 0.25) is 0 Å². The highest BCUT2D eigenvalue weighted by Crippen LogP contribution is 2.37. The maximum atomic E-state index is 13.3. The van der Waals surface area contributed by atoms with Gasteiger partial charge in [0, 0.05) is 23.0 Å². The van der Waals surface area contributed by atoms with Crippen molar-refractivity contribution in [3.05, 3.63) is 34.3 Å². The second-order valence-electron chi connectivity index (χ2n) is 5.72. The van der Waals surface area contributed by atoms with Gasteiger partial charge in [-0.25, -0.2) is 9.37 Å². The first-order valence-electron chi connectivity index (χ1n) is 7.35. The second-order valence-corrected chi connectivity index (χ2v) is 6.58. The largest absolute Gasteiger partial charge is 0.383 e. The highest BCUT2D eigenvalue weighted by molar-refractivity contribution is 9.10. The summed E-state index contributed by atoms with van der Waals surface area (Å²) in [5.41, 5.74) is 7.82. The van der Waals surface area contributed by atoms with Gasteiger partial charge < -0.3 is 10.3 Å². The van der Waals surface area contributed by atoms with Gasteiger partial charge in [0.25, 0.3) is 0 Å². The molecule has 1 saturated carbocycles. The number of imidazole rings is 1. The summed E-state index contributed by atoms with van der Waals surface area (Å²) in [6.45, 7) is 0. The Bertz CT molecular complexity index is 660. The molecule has 0 saturated heterocycles. The van der Waals surface area contributed by atoms with Crippen molar-refractivity contribution >= 4 is 21.7 Å². The molecule has 0 unspecified atom stereocenters. The number of nitrogen functional groups attached to an aromatic ring is 1. The number of hydrogen-bond donors (Lipinski definition) is 1. The van der Waals surface area contributed by atoms with Gasteiger partial charge in [-0.1, -0.05) is 19.3 Å². The molecule has 3 nitrogen and oxygen atoms in total. The van der Waals surface area contributed by atoms with E-state index in [0.717, 1.165) is 17.1 Å². The molecule has 2 N–H and O–H groups in total. The van der Waals surface area contributed by atoms with Crippen LogP contribution in [-0.2, 0) is 7.05 Å². The molecule has 0 atom stereocenters. The van der Waals surface area contributed by atoms with E-state index in [0.29, 0.717) is 16.2 Å². The Morgan fingerprint density at radius 1 is 1.29 bits per heavy atom. The van der Waals surface area contributed by atoms with Crippen molar-refractivity contribution in [2.24, 2.45) is 7.05 Å². The highest BCUT2D eigenvalue weighted by Gasteiger charge is 2.24. The molecule has 1 aliphatic rings. The van der Waals surface area contributed by atoms with Crippen molar-refractivity contribution < 1.29 is 4.39 Å². The van der Waals surface area contributed by atoms with Gasteiger partial charge in [0.15, 0.2) is 0 Å². The Labute approximate surface area is 132 Å². The lowest BCUT2D eigenvalue weighted by molar-refractivity contribution is 0.422. The summed E-state index contributed by atoms with van der Waals surface area (Å²) in [5.74, 6) is 1.91. The average molecular weight is 352 g/mol. The smallest absolute Gasteiger partial charge is 0.131 e. The molecule has 1 aromatic heterocycles. The minimum Gasteiger partial charge on any atom is -0.383 e. The summed E-state index contributed by atoms with van der Waals surface area (Å²) >= 11 is 3.40. The predicted octanol–water partition coefficient (Wildman–Crippen LogP) is 4.62. The zero-order valence-corrected chi connectivity index (χ0v) is 13.7. The molecule has 112 valence electrons. The van der Waals surface area contributed by atoms with Gasteiger partial charge in [-0.15, -0.1) is 0 Å². The summed E-state index contributed by atoms with van der Waals surface area (Å²) in [7, 11) is 1.97. The SMILES string of the molecule is Cn1c(C2CCCCC2)nc(-c2ccc(F)cc2Br)c1N. The van der Waals surface area contributed by atoms with Crippen LogP contribution in [0.4, 0.5) is 10.2 Å². The highest BCUT2D eigenvalue weighted by atomic mass is 79.9. The van der Waals surface area contributed by atoms with Crippen LogP contribution in [0.1, 0.15) is 43.8 Å². The van der Waals surface area contributed by atoms with Gasteiger partial charge in [-0.05, 0) is 47.0 Å². The van der Waals surface area contributed by atoms with Crippen molar-refractivity contribution in [1.29, 1.82) is 0 Å². The first kappa shape index (κ1) is 14.6. The third-order valence-electron chi connectivity index (χ3n) is 4.33. The van der Waals surface area contributed by atoms with E-state index in [2.05, 4.69) is 15.9 Å². The predicted molar refractivity (Wildman–Crippen MR) is 86.5 cm³/mol. The van der Waals surface area contributed by atoms with Gasteiger partial charge in [0.05, 0.1) is 0 Å². The molecule has 0 aliphatic heterocycles. The van der Waals surface area contributed by atoms with Crippen LogP contribution in [0.3, 0.4) is 0 Å². The zero-order chi connectivity index (χ0) is 15.0. The first-order chi connectivity index (χ1) is 10.1. The number of nitrogens with two attached hydrogens (primary N) is 1. The fraction of sp³-hybridized carbons (Fsp3) is 0.438. The van der Waals surface area contributed by atoms with Crippen molar-refractivity contribution in [2.75, 3.05) is 5.73 Å². The van der Waals surface area contributed by atoms with Gasteiger partial charge in [0.1, 0.15) is 23.2 Å². The first-order valence-corrected chi connectivity index (χ1v) is 8.14. The van der Waals surface area contributed by atoms with E-state index in [-0.39, 0.29) is 5.82 Å². The van der Waals surface area contributed by atoms with E-state index in [4.69, 9.17) is 10.7 Å². The van der Waals surface area contributed by atoms with Crippen LogP contribution in [0.2, 0.25) is 0 Å². The van der Waals surface area contributed by atoms with Crippen LogP contribution in [-0.4, -0.2) is 9.55 Å². The summed E-state index contributed by atoms with van der Waals surface area (Å²) in [4.78, 5) is 4.78. The van der Waals surface area contributed by atoms with Crippen LogP contribution in [0.25, 0.3) is 11.3 Å². The van der Waals surface area contributed by atoms with Gasteiger partial charge >= 0.3 is 0 Å². The Morgan fingerprint density at radius 3 is 2.67 bits per heavy atom. The van der Waals surface area contributed by atoms with Gasteiger partial charge in [-0.2, -0.15) is 0 Å². The van der Waals surface area contributed by atoms with Crippen molar-refractivity contribution in [2.45, 2.75) is 38.0 Å². The summed E-state index contributed by atoms with van der Waals surface area (Å²) in [6.07, 6.45) is 6.18. The lowest BCUT2D eigenvalue weighted by Crippen LogP contribution is -2.11. The van der Waals surface area contributed by atoms with Crippen molar-refractivity contribution in [3.63, 3.8) is 0 Å². The fourth-order valence-electron chi connectivity index (χ4n) is 3.13. The van der Waals surface area contributed by atoms with E-state index >= 15 is 0 Å². The number of benzene rings is 1. The Balaban J connectivity index is 2.03. The maximum absolute atomic E-state index is 13.3. The van der Waals surface area contributed by atoms with E-state index < -0.39 is 0 Å². The molecule has 5 heteroatoms. The quantitative estimate of drug-likeness (QED) is 0.857. The molecule has 1 heterocycles. The Kier molecular flexibility index (Phi) is 4.02. The molecule has 3 rings (SSSR count). The molecule has 0 amide bonds. The number of aromatic nitrogens is 2. The molecular weight excluding hydrogens is 333 g/mol. The Morgan fingerprint density at radius 2 is 2.00 bits per heavy atom. The normalized spacial score (nSPS) is 16.3. The maximum Gasteiger partial charge on any atom is 0.131 e. The standard InChI is InChI=1S/C16H19BrFN3/c1-21-15(19)14(12-8-7-11(18)9-13(12)17)20-16(21)10-5-3-2-4-6-10/h7-10H,2-6,19H2,1H3. The van der Waals surface area contributed by atoms with E-state index in [1.807, 2.05) is 11.6 Å². The van der Waals surface area contributed by atoms with Crippen LogP contribution in [0, 0.1) is 5.82 Å². The minimum atomic E-state index is -0.271. The number of rotatable bonds is 2. The lowest BCUT2D eigenvalue weighted by Gasteiger charge is -2.21. The number of hydrogen-bond acceptors (Lipinski definition) is 2. The molecule has 2 aromatic rings. The van der Waals surface area contributed by atoms with Crippen LogP contribution < -0.4 is 5.73 Å². The third-order valence-corrected chi connectivity index (χ3v) is 4.99. The molecule has 1 aliphatic carbocycles. The van der Waals surface area contributed by atoms with Crippen molar-refractivity contribution in [1.82, 2.24) is 9.55 Å². The molecule has 0 bridgehead atoms. The summed E-state index contributed by atoms with van der Waals surface area (Å²) in [6, 6.07) is 4.61. The average Bonchev–Trinajstić information content (AvgIpc) is 2.77. The van der Waals surface area contributed by atoms with Gasteiger partial charge in [-0.3, -0.25) is 0 Å². The number of anilines is 1. The molecule has 1 fully saturated rings. The molecule has 21 heavy (non-hydrogen) atoms. The van der Waals surface area contributed by atoms with E-state index in [9.17, 15) is 4.39 Å². The minimum absolute atomic E-state index is 0.271. The molecule has 0 radical (unpaired) electrons. The fourth-order valence-corrected chi connectivity index (χ4v) is 3.67. The topological polar surface area (TPSA) is 43.8 Å². The third kappa shape index (κ3) is 2.71. The van der Waals surface area contributed by atoms with Crippen LogP contribution in [0.5, 0.6) is 0 Å². The summed E-state index contributed by atoms with van der Waals surface area (Å²) < 4.78 is 15.9. The van der Waals surface area contributed by atoms with Crippen LogP contribution in [0.15, 0.2) is 22.7 Å².